The largest absolute Gasteiger partial charge is 0.382 e. The lowest BCUT2D eigenvalue weighted by Gasteiger charge is -2.11. The molecule has 0 bridgehead atoms. The number of hydrogen-bond acceptors (Lipinski definition) is 4. The number of carbonyl (C=O) groups excluding carboxylic acids is 2. The third kappa shape index (κ3) is 1.70. The van der Waals surface area contributed by atoms with Crippen LogP contribution in [0.5, 0.6) is 0 Å². The van der Waals surface area contributed by atoms with Gasteiger partial charge in [0.15, 0.2) is 0 Å². The Morgan fingerprint density at radius 1 is 1.50 bits per heavy atom. The first-order chi connectivity index (χ1) is 5.66. The smallest absolute Gasteiger partial charge is 0.233 e. The molecule has 59 valence electrons. The molecule has 1 fully saturated rings. The number of nitrogens with two attached hydrogens (primary N) is 2. The van der Waals surface area contributed by atoms with Crippen LogP contribution in [0.2, 0.25) is 0 Å². The first-order valence-electron chi connectivity index (χ1n) is 3.50. The van der Waals surface area contributed by atoms with E-state index in [1.807, 2.05) is 0 Å². The van der Waals surface area contributed by atoms with Gasteiger partial charge in [-0.1, -0.05) is 0 Å². The average Bonchev–Trinajstić information content (AvgIpc) is 2.25. The van der Waals surface area contributed by atoms with Crippen molar-refractivity contribution >= 4 is 33.5 Å². The molecule has 0 aromatic rings. The van der Waals surface area contributed by atoms with Crippen molar-refractivity contribution in [3.63, 3.8) is 0 Å². The van der Waals surface area contributed by atoms with Gasteiger partial charge in [-0.3, -0.25) is 9.59 Å². The van der Waals surface area contributed by atoms with Gasteiger partial charge >= 0.3 is 0 Å². The Morgan fingerprint density at radius 2 is 2.17 bits per heavy atom. The predicted molar refractivity (Wildman–Crippen MR) is 45.9 cm³/mol. The summed E-state index contributed by atoms with van der Waals surface area (Å²) < 4.78 is 0. The summed E-state index contributed by atoms with van der Waals surface area (Å²) in [4.78, 5) is 23.1. The standard InChI is InChI=1S/C4H7B3N3O2/c8-2-1-3(11)10(4(2)12)7-5-6-9/h2H,1,8-9H2. The Labute approximate surface area is 72.6 Å². The van der Waals surface area contributed by atoms with E-state index in [4.69, 9.17) is 11.4 Å². The Balaban J connectivity index is 2.52. The predicted octanol–water partition coefficient (Wildman–Crippen LogP) is -3.20. The quantitative estimate of drug-likeness (QED) is 0.337. The fourth-order valence-electron chi connectivity index (χ4n) is 0.968. The van der Waals surface area contributed by atoms with Gasteiger partial charge in [0.05, 0.1) is 19.5 Å². The Kier molecular flexibility index (Phi) is 2.94. The zero-order valence-corrected chi connectivity index (χ0v) is 6.43. The minimum Gasteiger partial charge on any atom is -0.382 e. The minimum atomic E-state index is -0.695. The Morgan fingerprint density at radius 3 is 2.58 bits per heavy atom. The Bertz CT molecular complexity index is 212. The molecule has 0 spiro atoms. The first kappa shape index (κ1) is 9.34. The molecule has 1 heterocycles. The number of rotatable bonds is 3. The van der Waals surface area contributed by atoms with Gasteiger partial charge in [0.25, 0.3) is 0 Å². The topological polar surface area (TPSA) is 89.4 Å². The summed E-state index contributed by atoms with van der Waals surface area (Å²) in [6.07, 6.45) is 0.0771. The van der Waals surface area contributed by atoms with Crippen LogP contribution in [-0.2, 0) is 9.59 Å². The third-order valence-electron chi connectivity index (χ3n) is 1.56. The van der Waals surface area contributed by atoms with Crippen LogP contribution in [0, 0.1) is 0 Å². The monoisotopic (exact) mass is 162 g/mol. The van der Waals surface area contributed by atoms with E-state index in [1.165, 1.54) is 21.7 Å². The number of carbonyl (C=O) groups is 2. The number of hydrogen-bond donors (Lipinski definition) is 2. The van der Waals surface area contributed by atoms with E-state index in [9.17, 15) is 9.59 Å². The second kappa shape index (κ2) is 3.77. The van der Waals surface area contributed by atoms with Gasteiger partial charge in [0.1, 0.15) is 7.31 Å². The van der Waals surface area contributed by atoms with Crippen LogP contribution in [0.4, 0.5) is 0 Å². The van der Waals surface area contributed by atoms with Gasteiger partial charge in [-0.2, -0.15) is 0 Å². The lowest BCUT2D eigenvalue weighted by atomic mass is 9.28. The summed E-state index contributed by atoms with van der Waals surface area (Å²) in [5.41, 5.74) is 10.4. The molecule has 4 N–H and O–H groups in total. The van der Waals surface area contributed by atoms with Crippen LogP contribution < -0.4 is 11.4 Å². The van der Waals surface area contributed by atoms with Crippen LogP contribution in [0.15, 0.2) is 0 Å². The lowest BCUT2D eigenvalue weighted by Crippen LogP contribution is -2.42. The minimum absolute atomic E-state index is 0.0771. The Hall–Kier alpha value is -0.745. The molecule has 3 radical (unpaired) electrons. The maximum absolute atomic E-state index is 11.1. The maximum atomic E-state index is 11.1. The summed E-state index contributed by atoms with van der Waals surface area (Å²) in [5, 5.41) is 0. The molecular weight excluding hydrogens is 154 g/mol. The summed E-state index contributed by atoms with van der Waals surface area (Å²) >= 11 is 0. The average molecular weight is 162 g/mol. The van der Waals surface area contributed by atoms with Gasteiger partial charge in [-0.15, -0.1) is 0 Å². The van der Waals surface area contributed by atoms with Crippen molar-refractivity contribution in [3.8, 4) is 0 Å². The van der Waals surface area contributed by atoms with Crippen molar-refractivity contribution in [2.24, 2.45) is 11.4 Å². The van der Waals surface area contributed by atoms with Crippen LogP contribution in [0.1, 0.15) is 6.42 Å². The van der Waals surface area contributed by atoms with Gasteiger partial charge in [0.2, 0.25) is 19.1 Å². The molecule has 5 nitrogen and oxygen atoms in total. The molecule has 1 atom stereocenters. The normalized spacial score (nSPS) is 22.8. The molecular formula is C4H7B3N3O2. The van der Waals surface area contributed by atoms with Gasteiger partial charge in [-0.05, 0) is 0 Å². The van der Waals surface area contributed by atoms with E-state index < -0.39 is 6.04 Å². The summed E-state index contributed by atoms with van der Waals surface area (Å²) in [6.45, 7) is 0. The molecule has 0 aromatic heterocycles. The molecule has 0 aromatic carbocycles. The van der Waals surface area contributed by atoms with Crippen molar-refractivity contribution in [1.82, 2.24) is 4.81 Å². The molecule has 1 aliphatic heterocycles. The highest BCUT2D eigenvalue weighted by Gasteiger charge is 2.34. The van der Waals surface area contributed by atoms with E-state index in [-0.39, 0.29) is 18.2 Å². The molecule has 2 amide bonds. The van der Waals surface area contributed by atoms with Crippen molar-refractivity contribution in [1.29, 1.82) is 0 Å². The molecule has 0 aliphatic carbocycles. The molecule has 12 heavy (non-hydrogen) atoms. The van der Waals surface area contributed by atoms with Crippen LogP contribution >= 0.6 is 0 Å². The SMILES string of the molecule is N[B][B][B]N1C(=O)CC(N)C1=O. The van der Waals surface area contributed by atoms with Crippen molar-refractivity contribution in [3.05, 3.63) is 0 Å². The molecule has 8 heteroatoms. The zero-order chi connectivity index (χ0) is 9.14. The van der Waals surface area contributed by atoms with Crippen LogP contribution in [-0.4, -0.2) is 44.3 Å². The van der Waals surface area contributed by atoms with Gasteiger partial charge in [-0.25, -0.2) is 0 Å². The summed E-state index contributed by atoms with van der Waals surface area (Å²) in [7, 11) is 3.97. The number of amides is 2. The fourth-order valence-corrected chi connectivity index (χ4v) is 0.968. The number of imide groups is 1. The molecule has 0 saturated carbocycles. The van der Waals surface area contributed by atoms with Gasteiger partial charge in [0, 0.05) is 0 Å². The molecule has 1 saturated heterocycles. The first-order valence-corrected chi connectivity index (χ1v) is 3.50. The summed E-state index contributed by atoms with van der Waals surface area (Å²) in [5.74, 6) is -0.663. The van der Waals surface area contributed by atoms with E-state index >= 15 is 0 Å². The highest BCUT2D eigenvalue weighted by Crippen LogP contribution is 2.08. The van der Waals surface area contributed by atoms with Crippen LogP contribution in [0.25, 0.3) is 0 Å². The molecule has 1 unspecified atom stereocenters. The van der Waals surface area contributed by atoms with E-state index in [2.05, 4.69) is 0 Å². The highest BCUT2D eigenvalue weighted by atomic mass is 16.2. The second-order valence-electron chi connectivity index (χ2n) is 2.45. The van der Waals surface area contributed by atoms with Gasteiger partial charge < -0.3 is 16.2 Å². The third-order valence-corrected chi connectivity index (χ3v) is 1.56. The van der Waals surface area contributed by atoms with Crippen LogP contribution in [0.3, 0.4) is 0 Å². The summed E-state index contributed by atoms with van der Waals surface area (Å²) in [6, 6.07) is -0.695. The van der Waals surface area contributed by atoms with E-state index in [0.29, 0.717) is 0 Å². The lowest BCUT2D eigenvalue weighted by molar-refractivity contribution is -0.132. The van der Waals surface area contributed by atoms with Crippen molar-refractivity contribution in [2.75, 3.05) is 0 Å². The maximum Gasteiger partial charge on any atom is 0.233 e. The highest BCUT2D eigenvalue weighted by molar-refractivity contribution is 7.28. The van der Waals surface area contributed by atoms with Crippen molar-refractivity contribution in [2.45, 2.75) is 12.5 Å². The van der Waals surface area contributed by atoms with Crippen molar-refractivity contribution < 1.29 is 9.59 Å². The molecule has 1 aliphatic rings. The zero-order valence-electron chi connectivity index (χ0n) is 6.43. The molecule has 1 rings (SSSR count). The number of nitrogens with zero attached hydrogens (tertiary/aromatic N) is 1. The second-order valence-corrected chi connectivity index (χ2v) is 2.45. The van der Waals surface area contributed by atoms with E-state index in [0.717, 1.165) is 4.81 Å². The fraction of sp³-hybridized carbons (Fsp3) is 0.500. The van der Waals surface area contributed by atoms with E-state index in [1.54, 1.807) is 0 Å².